The lowest BCUT2D eigenvalue weighted by Gasteiger charge is -2.44. The fraction of sp³-hybridized carbons (Fsp3) is 0.469. The summed E-state index contributed by atoms with van der Waals surface area (Å²) in [6.07, 6.45) is 7.78. The molecule has 2 saturated heterocycles. The molecule has 1 aromatic carbocycles. The van der Waals surface area contributed by atoms with Crippen molar-refractivity contribution in [1.82, 2.24) is 24.5 Å². The van der Waals surface area contributed by atoms with Crippen molar-refractivity contribution in [3.8, 4) is 5.69 Å². The van der Waals surface area contributed by atoms with Crippen molar-refractivity contribution in [3.05, 3.63) is 82.3 Å². The van der Waals surface area contributed by atoms with E-state index in [9.17, 15) is 14.0 Å². The van der Waals surface area contributed by atoms with Crippen LogP contribution >= 0.6 is 0 Å². The second-order valence-corrected chi connectivity index (χ2v) is 11.5. The number of urea groups is 1. The Hall–Kier alpha value is -3.92. The van der Waals surface area contributed by atoms with Gasteiger partial charge in [-0.2, -0.15) is 5.10 Å². The van der Waals surface area contributed by atoms with Crippen LogP contribution in [0.2, 0.25) is 0 Å². The summed E-state index contributed by atoms with van der Waals surface area (Å²) in [5.41, 5.74) is 4.76. The molecule has 1 unspecified atom stereocenters. The topological polar surface area (TPSA) is 80.1 Å². The number of allylic oxidation sites excluding steroid dienone is 1. The van der Waals surface area contributed by atoms with Crippen LogP contribution in [0.15, 0.2) is 65.2 Å². The fourth-order valence-electron chi connectivity index (χ4n) is 7.30. The van der Waals surface area contributed by atoms with Gasteiger partial charge in [-0.1, -0.05) is 13.0 Å². The quantitative estimate of drug-likeness (QED) is 0.510. The van der Waals surface area contributed by atoms with E-state index < -0.39 is 5.54 Å². The first kappa shape index (κ1) is 28.2. The summed E-state index contributed by atoms with van der Waals surface area (Å²) in [6, 6.07) is 6.06. The van der Waals surface area contributed by atoms with Gasteiger partial charge in [0, 0.05) is 44.8 Å². The van der Waals surface area contributed by atoms with Crippen molar-refractivity contribution >= 4 is 11.9 Å². The maximum absolute atomic E-state index is 13.9. The zero-order chi connectivity index (χ0) is 29.8. The summed E-state index contributed by atoms with van der Waals surface area (Å²) in [5, 5.41) is 4.42. The van der Waals surface area contributed by atoms with Crippen molar-refractivity contribution in [2.45, 2.75) is 51.7 Å². The van der Waals surface area contributed by atoms with Crippen LogP contribution in [-0.4, -0.2) is 88.5 Å². The maximum atomic E-state index is 13.9. The number of benzene rings is 1. The molecule has 2 fully saturated rings. The Morgan fingerprint density at radius 2 is 1.88 bits per heavy atom. The van der Waals surface area contributed by atoms with Crippen molar-refractivity contribution in [2.75, 3.05) is 40.4 Å². The highest BCUT2D eigenvalue weighted by Gasteiger charge is 2.55. The van der Waals surface area contributed by atoms with Crippen molar-refractivity contribution in [3.63, 3.8) is 0 Å². The Bertz CT molecular complexity index is 1500. The molecule has 0 N–H and O–H groups in total. The molecule has 0 bridgehead atoms. The minimum absolute atomic E-state index is 0.00722. The molecule has 0 radical (unpaired) electrons. The number of hydrogen-bond acceptors (Lipinski definition) is 5. The molecule has 3 aliphatic heterocycles. The Labute approximate surface area is 245 Å². The van der Waals surface area contributed by atoms with Crippen LogP contribution in [0.1, 0.15) is 49.2 Å². The first-order chi connectivity index (χ1) is 20.2. The number of hydrogen-bond donors (Lipinski definition) is 0. The molecule has 1 spiro atoms. The lowest BCUT2D eigenvalue weighted by molar-refractivity contribution is 0.0574. The number of piperidine rings is 1. The first-order valence-corrected chi connectivity index (χ1v) is 14.6. The first-order valence-electron chi connectivity index (χ1n) is 14.6. The number of ether oxygens (including phenoxy) is 2. The van der Waals surface area contributed by atoms with Crippen LogP contribution < -0.4 is 0 Å². The predicted octanol–water partition coefficient (Wildman–Crippen LogP) is 4.83. The molecule has 42 heavy (non-hydrogen) atoms. The highest BCUT2D eigenvalue weighted by molar-refractivity contribution is 5.95. The highest BCUT2D eigenvalue weighted by Crippen LogP contribution is 2.48. The van der Waals surface area contributed by atoms with E-state index in [0.29, 0.717) is 62.4 Å². The van der Waals surface area contributed by atoms with Gasteiger partial charge >= 0.3 is 6.03 Å². The van der Waals surface area contributed by atoms with E-state index in [1.165, 1.54) is 17.7 Å². The Balaban J connectivity index is 1.26. The zero-order valence-corrected chi connectivity index (χ0v) is 24.9. The fourth-order valence-corrected chi connectivity index (χ4v) is 7.30. The van der Waals surface area contributed by atoms with Gasteiger partial charge in [0.2, 0.25) is 0 Å². The van der Waals surface area contributed by atoms with Gasteiger partial charge in [0.15, 0.2) is 0 Å². The average molecular weight is 576 g/mol. The highest BCUT2D eigenvalue weighted by atomic mass is 19.1. The van der Waals surface area contributed by atoms with Crippen LogP contribution in [0.3, 0.4) is 0 Å². The monoisotopic (exact) mass is 575 g/mol. The average Bonchev–Trinajstić information content (AvgIpc) is 3.41. The minimum Gasteiger partial charge on any atom is -0.501 e. The van der Waals surface area contributed by atoms with E-state index in [-0.39, 0.29) is 29.8 Å². The molecule has 222 valence electrons. The Morgan fingerprint density at radius 1 is 1.17 bits per heavy atom. The van der Waals surface area contributed by atoms with E-state index in [1.54, 1.807) is 37.2 Å². The molecule has 4 heterocycles. The van der Waals surface area contributed by atoms with Gasteiger partial charge < -0.3 is 19.3 Å². The number of rotatable bonds is 5. The number of aromatic nitrogens is 2. The minimum atomic E-state index is -0.477. The Kier molecular flexibility index (Phi) is 7.21. The van der Waals surface area contributed by atoms with E-state index >= 15 is 0 Å². The lowest BCUT2D eigenvalue weighted by atomic mass is 9.80. The number of carbonyl (C=O) groups excluding carboxylic acids is 2. The summed E-state index contributed by atoms with van der Waals surface area (Å²) in [6.45, 7) is 8.15. The van der Waals surface area contributed by atoms with Crippen LogP contribution in [-0.2, 0) is 9.47 Å². The van der Waals surface area contributed by atoms with Gasteiger partial charge in [-0.3, -0.25) is 9.69 Å². The number of nitrogens with zero attached hydrogens (tertiary/aromatic N) is 5. The number of fused-ring (bicyclic) bond motifs is 2. The Morgan fingerprint density at radius 3 is 2.52 bits per heavy atom. The normalized spacial score (nSPS) is 23.5. The van der Waals surface area contributed by atoms with Crippen molar-refractivity contribution < 1.29 is 23.5 Å². The summed E-state index contributed by atoms with van der Waals surface area (Å²) < 4.78 is 26.6. The molecule has 2 aromatic rings. The van der Waals surface area contributed by atoms with Gasteiger partial charge in [0.25, 0.3) is 5.91 Å². The molecule has 3 amide bonds. The van der Waals surface area contributed by atoms with Gasteiger partial charge in [0.1, 0.15) is 5.82 Å². The third-order valence-electron chi connectivity index (χ3n) is 9.46. The second-order valence-electron chi connectivity index (χ2n) is 11.5. The predicted molar refractivity (Wildman–Crippen MR) is 155 cm³/mol. The zero-order valence-electron chi connectivity index (χ0n) is 24.9. The van der Waals surface area contributed by atoms with Crippen LogP contribution in [0.25, 0.3) is 5.69 Å². The molecular formula is C32H38FN5O4. The number of likely N-dealkylation sites (N-methyl/N-ethyl adjacent to an activating group) is 1. The van der Waals surface area contributed by atoms with Gasteiger partial charge in [-0.15, -0.1) is 0 Å². The summed E-state index contributed by atoms with van der Waals surface area (Å²) in [7, 11) is 3.40. The lowest BCUT2D eigenvalue weighted by Crippen LogP contribution is -2.54. The largest absolute Gasteiger partial charge is 0.501 e. The van der Waals surface area contributed by atoms with Gasteiger partial charge in [0.05, 0.1) is 54.2 Å². The molecule has 0 saturated carbocycles. The van der Waals surface area contributed by atoms with E-state index in [1.807, 2.05) is 28.5 Å². The number of likely N-dealkylation sites (tertiary alicyclic amines) is 1. The standard InChI is InChI=1S/C32H38FN5O4/c1-6-37-31(40)36-19-22-16-25(41-4)17-27(42-5)29(22)20(2)15-28(36)32(37)11-13-35(14-12-32)30(39)26-18-34-38(21(26)3)24-9-7-23(33)8-10-24/h7-10,15-16,18,20,27H,6,11-14,17,19H2,1-5H3/t20-,27?/m0/s1. The molecule has 2 atom stereocenters. The van der Waals surface area contributed by atoms with Crippen LogP contribution in [0.5, 0.6) is 0 Å². The maximum Gasteiger partial charge on any atom is 0.325 e. The van der Waals surface area contributed by atoms with Gasteiger partial charge in [-0.05, 0) is 68.2 Å². The molecule has 4 aliphatic rings. The van der Waals surface area contributed by atoms with Crippen LogP contribution in [0, 0.1) is 18.7 Å². The van der Waals surface area contributed by atoms with Gasteiger partial charge in [-0.25, -0.2) is 13.9 Å². The number of methoxy groups -OCH3 is 2. The third-order valence-corrected chi connectivity index (χ3v) is 9.46. The second kappa shape index (κ2) is 10.7. The number of halogens is 1. The van der Waals surface area contributed by atoms with Crippen molar-refractivity contribution in [1.29, 1.82) is 0 Å². The molecule has 9 nitrogen and oxygen atoms in total. The van der Waals surface area contributed by atoms with E-state index in [0.717, 1.165) is 17.0 Å². The van der Waals surface area contributed by atoms with Crippen LogP contribution in [0.4, 0.5) is 9.18 Å². The molecule has 1 aromatic heterocycles. The molecular weight excluding hydrogens is 537 g/mol. The van der Waals surface area contributed by atoms with Crippen molar-refractivity contribution in [2.24, 2.45) is 5.92 Å². The molecule has 6 rings (SSSR count). The number of carbonyl (C=O) groups is 2. The summed E-state index contributed by atoms with van der Waals surface area (Å²) in [4.78, 5) is 33.4. The SMILES string of the molecule is CCN1C(=O)N2CC3=C(C(OC)CC(OC)=C3)[C@@H](C)C=C2C12CCN(C(=O)c1cnn(-c3ccc(F)cc3)c1C)CC2. The third kappa shape index (κ3) is 4.35. The van der Waals surface area contributed by atoms with E-state index in [4.69, 9.17) is 9.47 Å². The summed E-state index contributed by atoms with van der Waals surface area (Å²) in [5.74, 6) is 0.534. The summed E-state index contributed by atoms with van der Waals surface area (Å²) >= 11 is 0. The smallest absolute Gasteiger partial charge is 0.325 e. The van der Waals surface area contributed by atoms with E-state index in [2.05, 4.69) is 24.2 Å². The molecule has 10 heteroatoms. The molecule has 1 aliphatic carbocycles. The number of amides is 3.